The molecule has 0 heterocycles. The largest absolute Gasteiger partial charge is 0.495 e. The van der Waals surface area contributed by atoms with Crippen LogP contribution in [0.3, 0.4) is 0 Å². The Bertz CT molecular complexity index is 1400. The van der Waals surface area contributed by atoms with E-state index in [-0.39, 0.29) is 21.9 Å². The summed E-state index contributed by atoms with van der Waals surface area (Å²) in [6.07, 6.45) is 1.45. The first kappa shape index (κ1) is 25.8. The van der Waals surface area contributed by atoms with Gasteiger partial charge in [-0.1, -0.05) is 30.3 Å². The van der Waals surface area contributed by atoms with E-state index >= 15 is 0 Å². The van der Waals surface area contributed by atoms with Crippen LogP contribution >= 0.6 is 15.9 Å². The number of halogens is 1. The van der Waals surface area contributed by atoms with Gasteiger partial charge in [0.1, 0.15) is 28.0 Å². The third-order valence-corrected chi connectivity index (χ3v) is 6.69. The van der Waals surface area contributed by atoms with Gasteiger partial charge in [-0.2, -0.15) is 5.26 Å². The van der Waals surface area contributed by atoms with E-state index < -0.39 is 15.9 Å². The van der Waals surface area contributed by atoms with Crippen LogP contribution in [0.4, 0.5) is 11.4 Å². The minimum absolute atomic E-state index is 0.0841. The molecule has 8 nitrogen and oxygen atoms in total. The molecule has 0 unspecified atom stereocenters. The van der Waals surface area contributed by atoms with Crippen molar-refractivity contribution in [1.82, 2.24) is 0 Å². The number of hydrogen-bond donors (Lipinski definition) is 2. The zero-order valence-corrected chi connectivity index (χ0v) is 21.3. The highest BCUT2D eigenvalue weighted by Crippen LogP contribution is 2.32. The molecule has 0 atom stereocenters. The van der Waals surface area contributed by atoms with E-state index in [2.05, 4.69) is 26.0 Å². The Balaban J connectivity index is 1.88. The lowest BCUT2D eigenvalue weighted by molar-refractivity contribution is -0.112. The third kappa shape index (κ3) is 6.62. The molecule has 0 radical (unpaired) electrons. The first-order chi connectivity index (χ1) is 16.8. The summed E-state index contributed by atoms with van der Waals surface area (Å²) in [5.41, 5.74) is 1.03. The lowest BCUT2D eigenvalue weighted by Crippen LogP contribution is -2.16. The topological polar surface area (TPSA) is 118 Å². The first-order valence-corrected chi connectivity index (χ1v) is 12.7. The van der Waals surface area contributed by atoms with Crippen molar-refractivity contribution in [2.45, 2.75) is 11.8 Å². The first-order valence-electron chi connectivity index (χ1n) is 10.4. The van der Waals surface area contributed by atoms with E-state index in [4.69, 9.17) is 9.47 Å². The van der Waals surface area contributed by atoms with Crippen LogP contribution in [0.25, 0.3) is 6.08 Å². The Morgan fingerprint density at radius 3 is 2.37 bits per heavy atom. The summed E-state index contributed by atoms with van der Waals surface area (Å²) in [6, 6.07) is 19.7. The van der Waals surface area contributed by atoms with Crippen molar-refractivity contribution in [3.05, 3.63) is 82.3 Å². The van der Waals surface area contributed by atoms with E-state index in [1.54, 1.807) is 42.5 Å². The second-order valence-corrected chi connectivity index (χ2v) is 9.59. The Labute approximate surface area is 212 Å². The molecular weight excluding hydrogens is 534 g/mol. The second-order valence-electron chi connectivity index (χ2n) is 7.08. The van der Waals surface area contributed by atoms with E-state index in [1.165, 1.54) is 31.4 Å². The summed E-state index contributed by atoms with van der Waals surface area (Å²) in [4.78, 5) is 12.5. The summed E-state index contributed by atoms with van der Waals surface area (Å²) in [7, 11) is -2.75. The van der Waals surface area contributed by atoms with Crippen molar-refractivity contribution in [2.24, 2.45) is 0 Å². The van der Waals surface area contributed by atoms with Gasteiger partial charge >= 0.3 is 0 Å². The normalized spacial score (nSPS) is 11.3. The van der Waals surface area contributed by atoms with Crippen LogP contribution in [-0.2, 0) is 14.8 Å². The molecule has 180 valence electrons. The van der Waals surface area contributed by atoms with Crippen LogP contribution in [0.15, 0.2) is 81.7 Å². The predicted octanol–water partition coefficient (Wildman–Crippen LogP) is 5.20. The molecule has 10 heteroatoms. The third-order valence-electron chi connectivity index (χ3n) is 4.67. The van der Waals surface area contributed by atoms with Crippen LogP contribution in [0.1, 0.15) is 12.5 Å². The smallest absolute Gasteiger partial charge is 0.266 e. The van der Waals surface area contributed by atoms with E-state index in [0.29, 0.717) is 28.1 Å². The van der Waals surface area contributed by atoms with Gasteiger partial charge in [0, 0.05) is 5.69 Å². The van der Waals surface area contributed by atoms with Gasteiger partial charge in [0.15, 0.2) is 0 Å². The fraction of sp³-hybridized carbons (Fsp3) is 0.120. The molecule has 2 N–H and O–H groups in total. The lowest BCUT2D eigenvalue weighted by Gasteiger charge is -2.14. The average molecular weight is 556 g/mol. The van der Waals surface area contributed by atoms with Gasteiger partial charge in [-0.3, -0.25) is 9.52 Å². The number of hydrogen-bond acceptors (Lipinski definition) is 6. The minimum Gasteiger partial charge on any atom is -0.495 e. The number of carbonyl (C=O) groups excluding carboxylic acids is 1. The lowest BCUT2D eigenvalue weighted by atomic mass is 10.1. The molecule has 3 aromatic rings. The predicted molar refractivity (Wildman–Crippen MR) is 138 cm³/mol. The Hall–Kier alpha value is -3.81. The number of benzene rings is 3. The molecule has 0 bridgehead atoms. The number of methoxy groups -OCH3 is 1. The molecule has 0 saturated carbocycles. The maximum Gasteiger partial charge on any atom is 0.266 e. The number of nitrogens with zero attached hydrogens (tertiary/aromatic N) is 1. The fourth-order valence-electron chi connectivity index (χ4n) is 3.07. The standard InChI is InChI=1S/C25H22BrN3O5S/c1-3-34-22-11-10-20(14-21(22)26)29-35(31,32)24-15-19(9-12-23(24)33-2)28-25(30)18(16-27)13-17-7-5-4-6-8-17/h4-15,29H,3H2,1-2H3,(H,28,30)/b18-13-. The molecule has 0 aliphatic rings. The van der Waals surface area contributed by atoms with Gasteiger partial charge in [-0.25, -0.2) is 8.42 Å². The summed E-state index contributed by atoms with van der Waals surface area (Å²) >= 11 is 3.36. The molecule has 0 aliphatic heterocycles. The number of rotatable bonds is 9. The van der Waals surface area contributed by atoms with Crippen LogP contribution < -0.4 is 19.5 Å². The maximum absolute atomic E-state index is 13.2. The molecule has 0 spiro atoms. The zero-order valence-electron chi connectivity index (χ0n) is 18.9. The highest BCUT2D eigenvalue weighted by Gasteiger charge is 2.22. The Morgan fingerprint density at radius 1 is 1.06 bits per heavy atom. The number of amides is 1. The van der Waals surface area contributed by atoms with Gasteiger partial charge in [0.2, 0.25) is 0 Å². The number of nitrogens with one attached hydrogen (secondary N) is 2. The average Bonchev–Trinajstić information content (AvgIpc) is 2.84. The monoisotopic (exact) mass is 555 g/mol. The summed E-state index contributed by atoms with van der Waals surface area (Å²) in [5, 5.41) is 12.0. The molecular formula is C25H22BrN3O5S. The van der Waals surface area contributed by atoms with Crippen molar-refractivity contribution in [3.8, 4) is 17.6 Å². The van der Waals surface area contributed by atoms with Crippen LogP contribution in [0.2, 0.25) is 0 Å². The van der Waals surface area contributed by atoms with Crippen molar-refractivity contribution in [1.29, 1.82) is 5.26 Å². The molecule has 1 amide bonds. The highest BCUT2D eigenvalue weighted by atomic mass is 79.9. The Kier molecular flexibility index (Phi) is 8.52. The van der Waals surface area contributed by atoms with Crippen molar-refractivity contribution in [2.75, 3.05) is 23.8 Å². The second kappa shape index (κ2) is 11.6. The van der Waals surface area contributed by atoms with E-state index in [1.807, 2.05) is 19.1 Å². The molecule has 0 saturated heterocycles. The van der Waals surface area contributed by atoms with Gasteiger partial charge in [0.25, 0.3) is 15.9 Å². The van der Waals surface area contributed by atoms with Crippen molar-refractivity contribution >= 4 is 49.3 Å². The number of nitriles is 1. The minimum atomic E-state index is -4.10. The quantitative estimate of drug-likeness (QED) is 0.276. The van der Waals surface area contributed by atoms with Crippen LogP contribution in [0.5, 0.6) is 11.5 Å². The van der Waals surface area contributed by atoms with E-state index in [9.17, 15) is 18.5 Å². The molecule has 0 aromatic heterocycles. The Morgan fingerprint density at radius 2 is 1.74 bits per heavy atom. The molecule has 3 rings (SSSR count). The molecule has 35 heavy (non-hydrogen) atoms. The maximum atomic E-state index is 13.2. The summed E-state index contributed by atoms with van der Waals surface area (Å²) in [5.74, 6) is -0.0105. The van der Waals surface area contributed by atoms with Crippen molar-refractivity contribution in [3.63, 3.8) is 0 Å². The summed E-state index contributed by atoms with van der Waals surface area (Å²) in [6.45, 7) is 2.31. The molecule has 3 aromatic carbocycles. The fourth-order valence-corrected chi connectivity index (χ4v) is 4.81. The molecule has 0 aliphatic carbocycles. The zero-order chi connectivity index (χ0) is 25.4. The van der Waals surface area contributed by atoms with Gasteiger partial charge in [0.05, 0.1) is 23.9 Å². The van der Waals surface area contributed by atoms with Gasteiger partial charge in [-0.15, -0.1) is 0 Å². The SMILES string of the molecule is CCOc1ccc(NS(=O)(=O)c2cc(NC(=O)/C(C#N)=C\c3ccccc3)ccc2OC)cc1Br. The number of anilines is 2. The van der Waals surface area contributed by atoms with Gasteiger partial charge < -0.3 is 14.8 Å². The number of ether oxygens (including phenoxy) is 2. The number of sulfonamides is 1. The molecule has 0 fully saturated rings. The highest BCUT2D eigenvalue weighted by molar-refractivity contribution is 9.10. The number of carbonyl (C=O) groups is 1. The van der Waals surface area contributed by atoms with Crippen LogP contribution in [-0.4, -0.2) is 28.0 Å². The van der Waals surface area contributed by atoms with E-state index in [0.717, 1.165) is 0 Å². The van der Waals surface area contributed by atoms with Crippen LogP contribution in [0, 0.1) is 11.3 Å². The summed E-state index contributed by atoms with van der Waals surface area (Å²) < 4.78 is 40.1. The van der Waals surface area contributed by atoms with Gasteiger partial charge in [-0.05, 0) is 70.9 Å². The van der Waals surface area contributed by atoms with Crippen molar-refractivity contribution < 1.29 is 22.7 Å².